The van der Waals surface area contributed by atoms with E-state index in [9.17, 15) is 34.4 Å². The van der Waals surface area contributed by atoms with Gasteiger partial charge in [-0.25, -0.2) is 58.7 Å². The number of rotatable bonds is 26. The van der Waals surface area contributed by atoms with Crippen molar-refractivity contribution < 1.29 is 56.1 Å². The Balaban J connectivity index is 0.000000386. The largest absolute Gasteiger partial charge is 4.00 e. The number of halogens is 4. The van der Waals surface area contributed by atoms with Crippen molar-refractivity contribution in [1.82, 2.24) is 0 Å². The molecule has 0 radical (unpaired) electrons. The van der Waals surface area contributed by atoms with Gasteiger partial charge in [-0.15, -0.1) is 36.4 Å². The molecule has 6 aromatic carbocycles. The van der Waals surface area contributed by atoms with Gasteiger partial charge < -0.3 is 0 Å². The van der Waals surface area contributed by atoms with Crippen LogP contribution in [0.3, 0.4) is 0 Å². The van der Waals surface area contributed by atoms with E-state index in [1.165, 1.54) is 140 Å². The molecule has 0 aliphatic rings. The average Bonchev–Trinajstić information content (AvgIpc) is 4.12. The quantitative estimate of drug-likeness (QED) is 0.0178. The molecule has 0 atom stereocenters. The third kappa shape index (κ3) is 24.5. The van der Waals surface area contributed by atoms with E-state index in [-0.39, 0.29) is 31.5 Å². The first kappa shape index (κ1) is 61.0. The third-order valence-corrected chi connectivity index (χ3v) is 15.0. The van der Waals surface area contributed by atoms with Crippen molar-refractivity contribution in [1.29, 1.82) is 0 Å². The molecule has 11 heteroatoms. The fraction of sp³-hybridized carbons (Fsp3) is 0.414. The average molecular weight is 1020 g/mol. The molecule has 6 aromatic rings. The van der Waals surface area contributed by atoms with E-state index in [1.807, 2.05) is 60.7 Å². The summed E-state index contributed by atoms with van der Waals surface area (Å²) >= 11 is 0. The second-order valence-electron chi connectivity index (χ2n) is 17.1. The summed E-state index contributed by atoms with van der Waals surface area (Å²) in [4.78, 5) is -1.10. The van der Waals surface area contributed by atoms with Crippen molar-refractivity contribution in [2.45, 2.75) is 175 Å². The van der Waals surface area contributed by atoms with Crippen LogP contribution in [-0.4, -0.2) is 16.8 Å². The number of hydrogen-bond acceptors (Lipinski definition) is 4. The van der Waals surface area contributed by atoms with Gasteiger partial charge in [0.2, 0.25) is 0 Å². The molecule has 0 bridgehead atoms. The van der Waals surface area contributed by atoms with E-state index < -0.39 is 52.7 Å². The molecule has 0 saturated carbocycles. The Morgan fingerprint density at radius 2 is 0.667 bits per heavy atom. The summed E-state index contributed by atoms with van der Waals surface area (Å²) in [6.45, 7) is 4.47. The van der Waals surface area contributed by atoms with Crippen molar-refractivity contribution in [3.63, 3.8) is 0 Å². The molecule has 0 heterocycles. The van der Waals surface area contributed by atoms with E-state index in [2.05, 4.69) is 13.8 Å². The van der Waals surface area contributed by atoms with E-state index in [0.717, 1.165) is 61.1 Å². The molecule has 69 heavy (non-hydrogen) atoms. The minimum atomic E-state index is -4.02. The Kier molecular flexibility index (Phi) is 31.8. The second kappa shape index (κ2) is 35.9. The smallest absolute Gasteiger partial charge is 0.236 e. The van der Waals surface area contributed by atoms with E-state index >= 15 is 0 Å². The van der Waals surface area contributed by atoms with Crippen LogP contribution in [0.2, 0.25) is 0 Å². The molecule has 0 unspecified atom stereocenters. The first-order valence-corrected chi connectivity index (χ1v) is 27.6. The first-order valence-electron chi connectivity index (χ1n) is 24.7. The zero-order valence-corrected chi connectivity index (χ0v) is 43.9. The molecule has 0 amide bonds. The van der Waals surface area contributed by atoms with Gasteiger partial charge in [0.05, 0.1) is 9.79 Å². The molecular weight excluding hydrogens is 949 g/mol. The SMILES string of the molecule is CCCCCCCCCCCCc1ccc(S(=O)(=O)c2ccc(F)[c-]c2F)cc1.CCCCCCCCCCCCc1ccc(S(=O)(=O)c2ccc(F)[c-]c2F)cc1.[Ti+4].c1cc[cH-]c1.c1cc[cH-]c1. The molecule has 0 N–H and O–H groups in total. The number of unbranched alkanes of at least 4 members (excludes halogenated alkanes) is 18. The Labute approximate surface area is 427 Å². The minimum Gasteiger partial charge on any atom is -0.236 e. The van der Waals surface area contributed by atoms with Gasteiger partial charge in [-0.3, -0.25) is 0 Å². The number of benzene rings is 4. The van der Waals surface area contributed by atoms with Crippen molar-refractivity contribution in [3.8, 4) is 0 Å². The Bertz CT molecular complexity index is 2200. The maximum atomic E-state index is 13.8. The summed E-state index contributed by atoms with van der Waals surface area (Å²) in [6.07, 6.45) is 27.3. The van der Waals surface area contributed by atoms with Gasteiger partial charge in [-0.2, -0.15) is 36.4 Å². The zero-order valence-electron chi connectivity index (χ0n) is 40.7. The summed E-state index contributed by atoms with van der Waals surface area (Å²) in [7, 11) is -8.04. The summed E-state index contributed by atoms with van der Waals surface area (Å²) in [6, 6.07) is 40.3. The molecule has 6 rings (SSSR count). The molecule has 372 valence electrons. The van der Waals surface area contributed by atoms with Crippen molar-refractivity contribution in [3.05, 3.63) is 180 Å². The summed E-state index contributed by atoms with van der Waals surface area (Å²) in [5.74, 6) is -4.24. The number of sulfone groups is 2. The minimum absolute atomic E-state index is 0. The predicted molar refractivity (Wildman–Crippen MR) is 269 cm³/mol. The summed E-state index contributed by atoms with van der Waals surface area (Å²) in [5, 5.41) is 0. The molecule has 0 spiro atoms. The second-order valence-corrected chi connectivity index (χ2v) is 20.9. The van der Waals surface area contributed by atoms with Gasteiger partial charge in [0.15, 0.2) is 19.7 Å². The Morgan fingerprint density at radius 3 is 0.913 bits per heavy atom. The van der Waals surface area contributed by atoms with Gasteiger partial charge in [0.25, 0.3) is 0 Å². The van der Waals surface area contributed by atoms with Crippen LogP contribution in [0.25, 0.3) is 0 Å². The van der Waals surface area contributed by atoms with Crippen LogP contribution in [0, 0.1) is 35.4 Å². The van der Waals surface area contributed by atoms with E-state index in [0.29, 0.717) is 0 Å². The molecule has 4 nitrogen and oxygen atoms in total. The van der Waals surface area contributed by atoms with Gasteiger partial charge in [-0.05, 0) is 70.9 Å². The van der Waals surface area contributed by atoms with Crippen LogP contribution in [0.4, 0.5) is 17.6 Å². The molecule has 0 saturated heterocycles. The van der Waals surface area contributed by atoms with Crippen molar-refractivity contribution in [2.24, 2.45) is 0 Å². The monoisotopic (exact) mass is 1020 g/mol. The van der Waals surface area contributed by atoms with Crippen LogP contribution < -0.4 is 0 Å². The number of aryl methyl sites for hydroxylation is 2. The van der Waals surface area contributed by atoms with E-state index in [1.54, 1.807) is 36.4 Å². The van der Waals surface area contributed by atoms with Crippen LogP contribution in [0.5, 0.6) is 0 Å². The summed E-state index contributed by atoms with van der Waals surface area (Å²) in [5.41, 5.74) is 2.13. The van der Waals surface area contributed by atoms with Crippen LogP contribution in [0.15, 0.2) is 153 Å². The van der Waals surface area contributed by atoms with Gasteiger partial charge in [0, 0.05) is 23.3 Å². The van der Waals surface area contributed by atoms with Crippen LogP contribution in [-0.2, 0) is 54.2 Å². The molecule has 0 aromatic heterocycles. The maximum absolute atomic E-state index is 13.8. The van der Waals surface area contributed by atoms with Gasteiger partial charge in [-0.1, -0.05) is 154 Å². The topological polar surface area (TPSA) is 68.3 Å². The molecule has 0 aliphatic heterocycles. The molecule has 0 aliphatic carbocycles. The van der Waals surface area contributed by atoms with E-state index in [4.69, 9.17) is 0 Å². The Morgan fingerprint density at radius 1 is 0.391 bits per heavy atom. The Hall–Kier alpha value is -4.09. The first-order chi connectivity index (χ1) is 32.9. The molecular formula is C58H72F4O4S2Ti. The number of hydrogen-bond donors (Lipinski definition) is 0. The third-order valence-electron chi connectivity index (χ3n) is 11.4. The fourth-order valence-electron chi connectivity index (χ4n) is 7.47. The maximum Gasteiger partial charge on any atom is 4.00 e. The predicted octanol–water partition coefficient (Wildman–Crippen LogP) is 16.9. The van der Waals surface area contributed by atoms with Crippen molar-refractivity contribution >= 4 is 19.7 Å². The molecule has 0 fully saturated rings. The van der Waals surface area contributed by atoms with Crippen LogP contribution >= 0.6 is 0 Å². The van der Waals surface area contributed by atoms with Crippen LogP contribution in [0.1, 0.15) is 153 Å². The van der Waals surface area contributed by atoms with Gasteiger partial charge >= 0.3 is 21.7 Å². The van der Waals surface area contributed by atoms with Crippen molar-refractivity contribution in [2.75, 3.05) is 0 Å². The fourth-order valence-corrected chi connectivity index (χ4v) is 10.0. The summed E-state index contributed by atoms with van der Waals surface area (Å²) < 4.78 is 104. The van der Waals surface area contributed by atoms with Gasteiger partial charge in [0.1, 0.15) is 0 Å². The standard InChI is InChI=1S/2C24H31F2O2S.2C5H5.Ti/c2*1-2-3-4-5-6-7-8-9-10-11-12-20-13-16-22(17-14-20)29(27,28)24-18-15-21(25)19-23(24)26;2*1-2-4-5-3-1;/h2*13-18H,2-12H2,1H3;2*1-5H;/q4*-1;+4. The zero-order chi connectivity index (χ0) is 49.3. The normalized spacial score (nSPS) is 11.0.